The molecule has 0 aliphatic carbocycles. The van der Waals surface area contributed by atoms with E-state index in [0.29, 0.717) is 18.8 Å². The van der Waals surface area contributed by atoms with Crippen LogP contribution in [0, 0.1) is 13.8 Å². The molecule has 0 aliphatic heterocycles. The smallest absolute Gasteiger partial charge is 0.230 e. The van der Waals surface area contributed by atoms with Gasteiger partial charge >= 0.3 is 0 Å². The number of carbonyl (C=O) groups excluding carboxylic acids is 2. The molecular formula is C14H18N4O2S2. The molecule has 118 valence electrons. The van der Waals surface area contributed by atoms with E-state index in [9.17, 15) is 9.59 Å². The normalized spacial score (nSPS) is 10.7. The summed E-state index contributed by atoms with van der Waals surface area (Å²) in [5.74, 6) is 0.113. The molecule has 0 bridgehead atoms. The highest BCUT2D eigenvalue weighted by atomic mass is 32.2. The van der Waals surface area contributed by atoms with E-state index in [2.05, 4.69) is 34.4 Å². The van der Waals surface area contributed by atoms with E-state index in [1.54, 1.807) is 11.3 Å². The number of rotatable bonds is 6. The Labute approximate surface area is 137 Å². The largest absolute Gasteiger partial charge is 0.355 e. The maximum absolute atomic E-state index is 11.8. The van der Waals surface area contributed by atoms with Crippen LogP contribution in [0.25, 0.3) is 10.2 Å². The Kier molecular flexibility index (Phi) is 5.73. The van der Waals surface area contributed by atoms with Crippen molar-refractivity contribution in [3.8, 4) is 0 Å². The number of carbonyl (C=O) groups is 2. The summed E-state index contributed by atoms with van der Waals surface area (Å²) in [6, 6.07) is 0. The number of aromatic nitrogens is 2. The Morgan fingerprint density at radius 3 is 2.68 bits per heavy atom. The predicted molar refractivity (Wildman–Crippen MR) is 89.3 cm³/mol. The minimum atomic E-state index is -0.102. The summed E-state index contributed by atoms with van der Waals surface area (Å²) in [5, 5.41) is 7.27. The van der Waals surface area contributed by atoms with Crippen molar-refractivity contribution in [1.82, 2.24) is 20.6 Å². The van der Waals surface area contributed by atoms with E-state index in [4.69, 9.17) is 0 Å². The summed E-state index contributed by atoms with van der Waals surface area (Å²) in [4.78, 5) is 33.3. The Morgan fingerprint density at radius 1 is 1.23 bits per heavy atom. The van der Waals surface area contributed by atoms with E-state index >= 15 is 0 Å². The Balaban J connectivity index is 1.92. The van der Waals surface area contributed by atoms with Crippen LogP contribution in [0.2, 0.25) is 0 Å². The van der Waals surface area contributed by atoms with Gasteiger partial charge < -0.3 is 10.6 Å². The molecule has 2 amide bonds. The molecule has 0 aliphatic rings. The lowest BCUT2D eigenvalue weighted by Gasteiger charge is -2.06. The third kappa shape index (κ3) is 4.17. The average Bonchev–Trinajstić information content (AvgIpc) is 2.77. The average molecular weight is 338 g/mol. The molecule has 0 saturated carbocycles. The van der Waals surface area contributed by atoms with Crippen molar-refractivity contribution in [1.29, 1.82) is 0 Å². The van der Waals surface area contributed by atoms with Gasteiger partial charge in [-0.3, -0.25) is 9.59 Å². The topological polar surface area (TPSA) is 84.0 Å². The van der Waals surface area contributed by atoms with Gasteiger partial charge in [0.2, 0.25) is 11.8 Å². The van der Waals surface area contributed by atoms with Gasteiger partial charge in [-0.25, -0.2) is 9.97 Å². The van der Waals surface area contributed by atoms with Crippen LogP contribution in [-0.2, 0) is 9.59 Å². The summed E-state index contributed by atoms with van der Waals surface area (Å²) in [6.07, 6.45) is 1.54. The van der Waals surface area contributed by atoms with Gasteiger partial charge in [0, 0.05) is 30.3 Å². The van der Waals surface area contributed by atoms with Crippen molar-refractivity contribution in [3.63, 3.8) is 0 Å². The summed E-state index contributed by atoms with van der Waals surface area (Å²) in [5.41, 5.74) is 1.18. The number of thioether (sulfide) groups is 1. The molecule has 0 atom stereocenters. The molecule has 2 N–H and O–H groups in total. The number of thiophene rings is 1. The monoisotopic (exact) mass is 338 g/mol. The van der Waals surface area contributed by atoms with Gasteiger partial charge in [-0.1, -0.05) is 11.8 Å². The lowest BCUT2D eigenvalue weighted by Crippen LogP contribution is -2.34. The van der Waals surface area contributed by atoms with Crippen LogP contribution in [0.5, 0.6) is 0 Å². The Hall–Kier alpha value is -1.67. The van der Waals surface area contributed by atoms with Gasteiger partial charge in [-0.05, 0) is 19.4 Å². The molecule has 2 aromatic heterocycles. The second kappa shape index (κ2) is 7.55. The minimum absolute atomic E-state index is 0.0771. The molecule has 22 heavy (non-hydrogen) atoms. The Morgan fingerprint density at radius 2 is 1.95 bits per heavy atom. The Bertz CT molecular complexity index is 699. The van der Waals surface area contributed by atoms with Crippen molar-refractivity contribution in [2.24, 2.45) is 0 Å². The van der Waals surface area contributed by atoms with Gasteiger partial charge in [-0.2, -0.15) is 0 Å². The lowest BCUT2D eigenvalue weighted by atomic mass is 10.2. The molecule has 0 aromatic carbocycles. The highest BCUT2D eigenvalue weighted by Gasteiger charge is 2.13. The molecule has 2 aromatic rings. The number of nitrogens with zero attached hydrogens (tertiary/aromatic N) is 2. The molecule has 2 heterocycles. The molecule has 0 radical (unpaired) electrons. The zero-order valence-electron chi connectivity index (χ0n) is 12.7. The zero-order chi connectivity index (χ0) is 16.1. The quantitative estimate of drug-likeness (QED) is 0.475. The van der Waals surface area contributed by atoms with Crippen LogP contribution >= 0.6 is 23.1 Å². The summed E-state index contributed by atoms with van der Waals surface area (Å²) in [7, 11) is 0. The standard InChI is InChI=1S/C14H18N4O2S2/c1-8-9(2)22-14-12(8)13(17-7-18-14)21-6-11(20)16-5-4-15-10(3)19/h7H,4-6H2,1-3H3,(H,15,19)(H,16,20). The molecule has 0 saturated heterocycles. The van der Waals surface area contributed by atoms with Gasteiger partial charge in [0.05, 0.1) is 5.75 Å². The first kappa shape index (κ1) is 16.7. The molecule has 8 heteroatoms. The first-order valence-corrected chi connectivity index (χ1v) is 8.64. The van der Waals surface area contributed by atoms with Crippen molar-refractivity contribution >= 4 is 45.1 Å². The van der Waals surface area contributed by atoms with Crippen LogP contribution in [0.1, 0.15) is 17.4 Å². The lowest BCUT2D eigenvalue weighted by molar-refractivity contribution is -0.120. The number of aryl methyl sites for hydroxylation is 2. The molecule has 2 rings (SSSR count). The van der Waals surface area contributed by atoms with Crippen molar-refractivity contribution in [3.05, 3.63) is 16.8 Å². The fourth-order valence-electron chi connectivity index (χ4n) is 1.88. The molecule has 0 fully saturated rings. The first-order chi connectivity index (χ1) is 10.5. The third-order valence-corrected chi connectivity index (χ3v) is 5.20. The second-order valence-electron chi connectivity index (χ2n) is 4.76. The SMILES string of the molecule is CC(=O)NCCNC(=O)CSc1ncnc2sc(C)c(C)c12. The van der Waals surface area contributed by atoms with Crippen LogP contribution in [0.4, 0.5) is 0 Å². The van der Waals surface area contributed by atoms with E-state index in [1.807, 2.05) is 0 Å². The van der Waals surface area contributed by atoms with Gasteiger partial charge in [-0.15, -0.1) is 11.3 Å². The van der Waals surface area contributed by atoms with Gasteiger partial charge in [0.1, 0.15) is 16.2 Å². The van der Waals surface area contributed by atoms with Crippen LogP contribution < -0.4 is 10.6 Å². The van der Waals surface area contributed by atoms with Crippen molar-refractivity contribution < 1.29 is 9.59 Å². The van der Waals surface area contributed by atoms with Crippen LogP contribution in [-0.4, -0.2) is 40.6 Å². The summed E-state index contributed by atoms with van der Waals surface area (Å²) in [6.45, 7) is 6.42. The second-order valence-corrected chi connectivity index (χ2v) is 6.93. The minimum Gasteiger partial charge on any atom is -0.355 e. The van der Waals surface area contributed by atoms with Crippen LogP contribution in [0.15, 0.2) is 11.4 Å². The fourth-order valence-corrected chi connectivity index (χ4v) is 3.83. The number of hydrogen-bond acceptors (Lipinski definition) is 6. The highest BCUT2D eigenvalue weighted by Crippen LogP contribution is 2.34. The molecule has 0 unspecified atom stereocenters. The van der Waals surface area contributed by atoms with E-state index < -0.39 is 0 Å². The summed E-state index contributed by atoms with van der Waals surface area (Å²) < 4.78 is 0. The maximum Gasteiger partial charge on any atom is 0.230 e. The van der Waals surface area contributed by atoms with Crippen molar-refractivity contribution in [2.75, 3.05) is 18.8 Å². The maximum atomic E-state index is 11.8. The van der Waals surface area contributed by atoms with E-state index in [-0.39, 0.29) is 11.8 Å². The fraction of sp³-hybridized carbons (Fsp3) is 0.429. The number of nitrogens with one attached hydrogen (secondary N) is 2. The first-order valence-electron chi connectivity index (χ1n) is 6.83. The van der Waals surface area contributed by atoms with Crippen LogP contribution in [0.3, 0.4) is 0 Å². The number of hydrogen-bond donors (Lipinski definition) is 2. The van der Waals surface area contributed by atoms with Gasteiger partial charge in [0.15, 0.2) is 0 Å². The van der Waals surface area contributed by atoms with Crippen molar-refractivity contribution in [2.45, 2.75) is 25.8 Å². The molecule has 6 nitrogen and oxygen atoms in total. The molecular weight excluding hydrogens is 320 g/mol. The number of amides is 2. The summed E-state index contributed by atoms with van der Waals surface area (Å²) >= 11 is 3.05. The molecule has 0 spiro atoms. The number of fused-ring (bicyclic) bond motifs is 1. The van der Waals surface area contributed by atoms with Gasteiger partial charge in [0.25, 0.3) is 0 Å². The van der Waals surface area contributed by atoms with E-state index in [0.717, 1.165) is 15.2 Å². The highest BCUT2D eigenvalue weighted by molar-refractivity contribution is 8.00. The zero-order valence-corrected chi connectivity index (χ0v) is 14.4. The third-order valence-electron chi connectivity index (χ3n) is 3.09. The predicted octanol–water partition coefficient (Wildman–Crippen LogP) is 1.65. The van der Waals surface area contributed by atoms with E-state index in [1.165, 1.54) is 35.5 Å².